The predicted octanol–water partition coefficient (Wildman–Crippen LogP) is 12.0. The molecule has 5 nitrogen and oxygen atoms in total. The second kappa shape index (κ2) is 11.4. The first-order chi connectivity index (χ1) is 24.8. The second-order valence-corrected chi connectivity index (χ2v) is 12.4. The average molecular weight is 642 g/mol. The molecule has 0 N–H and O–H groups in total. The Morgan fingerprint density at radius 1 is 0.380 bits per heavy atom. The molecule has 0 saturated carbocycles. The quantitative estimate of drug-likeness (QED) is 0.187. The Hall–Kier alpha value is -6.85. The summed E-state index contributed by atoms with van der Waals surface area (Å²) in [5.41, 5.74) is 12.1. The van der Waals surface area contributed by atoms with Crippen LogP contribution in [0.3, 0.4) is 0 Å². The van der Waals surface area contributed by atoms with E-state index in [1.54, 1.807) is 0 Å². The van der Waals surface area contributed by atoms with Crippen molar-refractivity contribution in [2.75, 3.05) is 0 Å². The average Bonchev–Trinajstić information content (AvgIpc) is 3.77. The van der Waals surface area contributed by atoms with Gasteiger partial charge in [-0.15, -0.1) is 0 Å². The number of pyridine rings is 1. The van der Waals surface area contributed by atoms with Crippen LogP contribution in [-0.2, 0) is 0 Å². The number of furan rings is 2. The van der Waals surface area contributed by atoms with Crippen molar-refractivity contribution in [2.24, 2.45) is 0 Å². The van der Waals surface area contributed by atoms with E-state index in [9.17, 15) is 0 Å². The van der Waals surface area contributed by atoms with Gasteiger partial charge in [-0.1, -0.05) is 91.0 Å². The van der Waals surface area contributed by atoms with Crippen molar-refractivity contribution in [1.82, 2.24) is 15.0 Å². The predicted molar refractivity (Wildman–Crippen MR) is 202 cm³/mol. The number of rotatable bonds is 5. The molecule has 234 valence electrons. The largest absolute Gasteiger partial charge is 0.456 e. The van der Waals surface area contributed by atoms with Crippen molar-refractivity contribution in [3.63, 3.8) is 0 Å². The van der Waals surface area contributed by atoms with Crippen molar-refractivity contribution in [3.05, 3.63) is 164 Å². The number of aromatic nitrogens is 3. The molecule has 0 unspecified atom stereocenters. The Morgan fingerprint density at radius 2 is 1.04 bits per heavy atom. The zero-order valence-electron chi connectivity index (χ0n) is 26.7. The summed E-state index contributed by atoms with van der Waals surface area (Å²) in [4.78, 5) is 14.7. The number of hydrogen-bond acceptors (Lipinski definition) is 5. The van der Waals surface area contributed by atoms with Crippen LogP contribution in [0.5, 0.6) is 0 Å². The first-order valence-electron chi connectivity index (χ1n) is 16.6. The van der Waals surface area contributed by atoms with Gasteiger partial charge in [0, 0.05) is 56.2 Å². The summed E-state index contributed by atoms with van der Waals surface area (Å²) in [6.45, 7) is 0. The molecule has 50 heavy (non-hydrogen) atoms. The molecule has 5 heteroatoms. The van der Waals surface area contributed by atoms with Crippen LogP contribution in [0.4, 0.5) is 0 Å². The second-order valence-electron chi connectivity index (χ2n) is 12.4. The summed E-state index contributed by atoms with van der Waals surface area (Å²) in [7, 11) is 0. The third-order valence-electron chi connectivity index (χ3n) is 9.42. The summed E-state index contributed by atoms with van der Waals surface area (Å²) in [6.07, 6.45) is 3.63. The smallest absolute Gasteiger partial charge is 0.161 e. The van der Waals surface area contributed by atoms with E-state index in [1.807, 2.05) is 79.1 Å². The van der Waals surface area contributed by atoms with E-state index >= 15 is 0 Å². The Labute approximate surface area is 287 Å². The molecule has 0 fully saturated rings. The van der Waals surface area contributed by atoms with E-state index in [-0.39, 0.29) is 0 Å². The molecule has 10 rings (SSSR count). The lowest BCUT2D eigenvalue weighted by Gasteiger charge is -2.12. The first kappa shape index (κ1) is 28.2. The maximum Gasteiger partial charge on any atom is 0.161 e. The highest BCUT2D eigenvalue weighted by Gasteiger charge is 2.21. The summed E-state index contributed by atoms with van der Waals surface area (Å²) < 4.78 is 12.9. The van der Waals surface area contributed by atoms with Crippen LogP contribution in [0.15, 0.2) is 173 Å². The SMILES string of the molecule is c1ccc(-c2cc(-c3cccc(-c4ccncc4)c3)nc(-c3ccc(-c4ccc5c(c4)oc4ccccc45)c4oc5ccccc5c34)n2)cc1. The van der Waals surface area contributed by atoms with Crippen LogP contribution < -0.4 is 0 Å². The molecule has 0 aliphatic rings. The van der Waals surface area contributed by atoms with Crippen LogP contribution in [0, 0.1) is 0 Å². The van der Waals surface area contributed by atoms with E-state index in [0.29, 0.717) is 5.82 Å². The van der Waals surface area contributed by atoms with Gasteiger partial charge in [0.2, 0.25) is 0 Å². The van der Waals surface area contributed by atoms with Crippen molar-refractivity contribution in [2.45, 2.75) is 0 Å². The summed E-state index contributed by atoms with van der Waals surface area (Å²) in [6, 6.07) is 51.8. The van der Waals surface area contributed by atoms with Gasteiger partial charge in [0.15, 0.2) is 5.82 Å². The van der Waals surface area contributed by atoms with Crippen molar-refractivity contribution >= 4 is 43.9 Å². The molecule has 0 bridgehead atoms. The molecule has 4 aromatic heterocycles. The Kier molecular flexibility index (Phi) is 6.42. The fraction of sp³-hybridized carbons (Fsp3) is 0. The van der Waals surface area contributed by atoms with Gasteiger partial charge in [0.25, 0.3) is 0 Å². The molecule has 0 aliphatic heterocycles. The van der Waals surface area contributed by atoms with Gasteiger partial charge in [0.05, 0.1) is 11.4 Å². The van der Waals surface area contributed by atoms with Gasteiger partial charge in [-0.3, -0.25) is 4.98 Å². The first-order valence-corrected chi connectivity index (χ1v) is 16.6. The summed E-state index contributed by atoms with van der Waals surface area (Å²) in [5, 5.41) is 4.19. The van der Waals surface area contributed by atoms with Crippen molar-refractivity contribution in [1.29, 1.82) is 0 Å². The van der Waals surface area contributed by atoms with E-state index < -0.39 is 0 Å². The van der Waals surface area contributed by atoms with Crippen LogP contribution in [-0.4, -0.2) is 15.0 Å². The molecule has 10 aromatic rings. The van der Waals surface area contributed by atoms with Crippen LogP contribution in [0.2, 0.25) is 0 Å². The Morgan fingerprint density at radius 3 is 1.88 bits per heavy atom. The molecule has 6 aromatic carbocycles. The highest BCUT2D eigenvalue weighted by atomic mass is 16.3. The van der Waals surface area contributed by atoms with Crippen molar-refractivity contribution < 1.29 is 8.83 Å². The van der Waals surface area contributed by atoms with Crippen LogP contribution in [0.1, 0.15) is 0 Å². The van der Waals surface area contributed by atoms with Gasteiger partial charge in [0.1, 0.15) is 22.3 Å². The number of fused-ring (bicyclic) bond motifs is 6. The van der Waals surface area contributed by atoms with E-state index in [2.05, 4.69) is 89.9 Å². The molecule has 0 spiro atoms. The lowest BCUT2D eigenvalue weighted by Crippen LogP contribution is -1.97. The molecule has 4 heterocycles. The molecule has 0 radical (unpaired) electrons. The van der Waals surface area contributed by atoms with Gasteiger partial charge in [-0.2, -0.15) is 0 Å². The third kappa shape index (κ3) is 4.67. The Bertz CT molecular complexity index is 2870. The van der Waals surface area contributed by atoms with Crippen LogP contribution in [0.25, 0.3) is 100 Å². The van der Waals surface area contributed by atoms with Gasteiger partial charge in [-0.25, -0.2) is 9.97 Å². The summed E-state index contributed by atoms with van der Waals surface area (Å²) >= 11 is 0. The highest BCUT2D eigenvalue weighted by Crippen LogP contribution is 2.43. The van der Waals surface area contributed by atoms with Gasteiger partial charge < -0.3 is 8.83 Å². The fourth-order valence-corrected chi connectivity index (χ4v) is 7.01. The topological polar surface area (TPSA) is 65.0 Å². The minimum absolute atomic E-state index is 0.631. The normalized spacial score (nSPS) is 11.6. The lowest BCUT2D eigenvalue weighted by molar-refractivity contribution is 0.668. The maximum absolute atomic E-state index is 6.67. The number of hydrogen-bond donors (Lipinski definition) is 0. The van der Waals surface area contributed by atoms with Gasteiger partial charge in [-0.05, 0) is 77.4 Å². The fourth-order valence-electron chi connectivity index (χ4n) is 7.01. The number of benzene rings is 6. The van der Waals surface area contributed by atoms with Gasteiger partial charge >= 0.3 is 0 Å². The monoisotopic (exact) mass is 641 g/mol. The minimum Gasteiger partial charge on any atom is -0.456 e. The maximum atomic E-state index is 6.67. The lowest BCUT2D eigenvalue weighted by atomic mass is 9.97. The summed E-state index contributed by atoms with van der Waals surface area (Å²) in [5.74, 6) is 0.631. The minimum atomic E-state index is 0.631. The zero-order chi connectivity index (χ0) is 33.0. The Balaban J connectivity index is 1.20. The zero-order valence-corrected chi connectivity index (χ0v) is 26.7. The number of para-hydroxylation sites is 2. The number of nitrogens with zero attached hydrogens (tertiary/aromatic N) is 3. The highest BCUT2D eigenvalue weighted by molar-refractivity contribution is 6.16. The van der Waals surface area contributed by atoms with Crippen molar-refractivity contribution in [3.8, 4) is 56.2 Å². The molecule has 0 saturated heterocycles. The van der Waals surface area contributed by atoms with Crippen LogP contribution >= 0.6 is 0 Å². The third-order valence-corrected chi connectivity index (χ3v) is 9.42. The molecule has 0 aliphatic carbocycles. The molecular formula is C45H27N3O2. The molecule has 0 atom stereocenters. The van der Waals surface area contributed by atoms with E-state index in [4.69, 9.17) is 18.8 Å². The molecular weight excluding hydrogens is 615 g/mol. The molecule has 0 amide bonds. The van der Waals surface area contributed by atoms with E-state index in [1.165, 1.54) is 0 Å². The standard InChI is InChI=1S/C45H27N3O2/c1-2-9-29(10-3-1)38-27-39(32-12-8-11-30(25-32)28-21-23-46-24-22-28)48-45(47-38)37-20-19-33(44-43(37)36-14-5-7-16-41(36)50-44)31-17-18-35-34-13-4-6-15-40(34)49-42(35)26-31/h1-27H. The van der Waals surface area contributed by atoms with E-state index in [0.717, 1.165) is 94.2 Å².